The third kappa shape index (κ3) is 2.23. The Morgan fingerprint density at radius 2 is 2.18 bits per heavy atom. The number of rotatable bonds is 3. The van der Waals surface area contributed by atoms with E-state index in [2.05, 4.69) is 10.6 Å². The molecule has 0 saturated heterocycles. The van der Waals surface area contributed by atoms with Crippen LogP contribution < -0.4 is 15.4 Å². The van der Waals surface area contributed by atoms with Crippen LogP contribution in [0.25, 0.3) is 0 Å². The second-order valence-corrected chi connectivity index (χ2v) is 4.65. The first-order chi connectivity index (χ1) is 8.02. The van der Waals surface area contributed by atoms with E-state index in [0.29, 0.717) is 10.8 Å². The minimum Gasteiger partial charge on any atom is -0.489 e. The van der Waals surface area contributed by atoms with Gasteiger partial charge in [0.05, 0.1) is 11.1 Å². The van der Waals surface area contributed by atoms with E-state index in [9.17, 15) is 4.79 Å². The van der Waals surface area contributed by atoms with E-state index in [1.54, 1.807) is 19.2 Å². The summed E-state index contributed by atoms with van der Waals surface area (Å²) in [6.07, 6.45) is 0.0442. The lowest BCUT2D eigenvalue weighted by Crippen LogP contribution is -2.23. The third-order valence-corrected chi connectivity index (χ3v) is 2.88. The summed E-state index contributed by atoms with van der Waals surface area (Å²) >= 11 is 6.13. The maximum Gasteiger partial charge on any atom is 0.246 e. The van der Waals surface area contributed by atoms with Gasteiger partial charge in [0, 0.05) is 17.3 Å². The van der Waals surface area contributed by atoms with Crippen molar-refractivity contribution in [2.45, 2.75) is 26.0 Å². The fourth-order valence-corrected chi connectivity index (χ4v) is 2.11. The van der Waals surface area contributed by atoms with Crippen molar-refractivity contribution in [3.05, 3.63) is 22.7 Å². The maximum absolute atomic E-state index is 11.6. The molecule has 0 fully saturated rings. The Kier molecular flexibility index (Phi) is 3.26. The topological polar surface area (TPSA) is 50.4 Å². The zero-order valence-electron chi connectivity index (χ0n) is 10.0. The molecular formula is C12H15ClN2O2. The molecule has 0 saturated carbocycles. The van der Waals surface area contributed by atoms with Crippen LogP contribution in [-0.2, 0) is 4.79 Å². The summed E-state index contributed by atoms with van der Waals surface area (Å²) in [5, 5.41) is 6.27. The Morgan fingerprint density at radius 3 is 2.76 bits per heavy atom. The largest absolute Gasteiger partial charge is 0.489 e. The molecule has 0 bridgehead atoms. The van der Waals surface area contributed by atoms with E-state index in [1.807, 2.05) is 13.8 Å². The van der Waals surface area contributed by atoms with E-state index in [0.717, 1.165) is 11.3 Å². The highest BCUT2D eigenvalue weighted by atomic mass is 35.5. The van der Waals surface area contributed by atoms with Gasteiger partial charge in [-0.2, -0.15) is 0 Å². The molecule has 1 atom stereocenters. The normalized spacial score (nSPS) is 18.2. The summed E-state index contributed by atoms with van der Waals surface area (Å²) in [4.78, 5) is 11.6. The highest BCUT2D eigenvalue weighted by molar-refractivity contribution is 6.32. The molecular weight excluding hydrogens is 240 g/mol. The van der Waals surface area contributed by atoms with E-state index < -0.39 is 0 Å². The third-order valence-electron chi connectivity index (χ3n) is 2.59. The molecule has 0 aromatic heterocycles. The van der Waals surface area contributed by atoms with Gasteiger partial charge in [-0.15, -0.1) is 0 Å². The first-order valence-corrected chi connectivity index (χ1v) is 5.89. The van der Waals surface area contributed by atoms with Gasteiger partial charge in [0.15, 0.2) is 0 Å². The quantitative estimate of drug-likeness (QED) is 0.871. The first-order valence-electron chi connectivity index (χ1n) is 5.51. The predicted octanol–water partition coefficient (Wildman–Crippen LogP) is 2.34. The Morgan fingerprint density at radius 1 is 1.47 bits per heavy atom. The number of halogens is 1. The number of fused-ring (bicyclic) bond motifs is 1. The Bertz CT molecular complexity index is 460. The van der Waals surface area contributed by atoms with Gasteiger partial charge in [0.2, 0.25) is 5.91 Å². The van der Waals surface area contributed by atoms with Crippen LogP contribution in [0, 0.1) is 0 Å². The van der Waals surface area contributed by atoms with Crippen molar-refractivity contribution in [3.8, 4) is 5.75 Å². The van der Waals surface area contributed by atoms with Gasteiger partial charge in [-0.25, -0.2) is 0 Å². The van der Waals surface area contributed by atoms with Crippen LogP contribution in [0.2, 0.25) is 5.02 Å². The average Bonchev–Trinajstić information content (AvgIpc) is 2.53. The van der Waals surface area contributed by atoms with Crippen molar-refractivity contribution in [3.63, 3.8) is 0 Å². The number of hydrogen-bond acceptors (Lipinski definition) is 3. The van der Waals surface area contributed by atoms with E-state index >= 15 is 0 Å². The van der Waals surface area contributed by atoms with Crippen LogP contribution >= 0.6 is 11.6 Å². The monoisotopic (exact) mass is 254 g/mol. The van der Waals surface area contributed by atoms with Crippen molar-refractivity contribution in [2.75, 3.05) is 12.4 Å². The van der Waals surface area contributed by atoms with Crippen molar-refractivity contribution in [1.82, 2.24) is 5.32 Å². The summed E-state index contributed by atoms with van der Waals surface area (Å²) in [5.41, 5.74) is 1.62. The molecule has 1 aliphatic rings. The Hall–Kier alpha value is -1.26. The van der Waals surface area contributed by atoms with Crippen LogP contribution in [0.5, 0.6) is 5.75 Å². The molecule has 1 aromatic carbocycles. The lowest BCUT2D eigenvalue weighted by Gasteiger charge is -2.13. The molecule has 1 unspecified atom stereocenters. The maximum atomic E-state index is 11.6. The molecule has 2 rings (SSSR count). The predicted molar refractivity (Wildman–Crippen MR) is 67.6 cm³/mol. The standard InChI is InChI=1S/C12H15ClN2O2/c1-6(2)17-10-5-9-7(4-8(10)13)11(14-3)12(16)15-9/h4-6,11,14H,1-3H3,(H,15,16). The highest BCUT2D eigenvalue weighted by Crippen LogP contribution is 2.38. The minimum absolute atomic E-state index is 0.0442. The summed E-state index contributed by atoms with van der Waals surface area (Å²) in [7, 11) is 1.74. The summed E-state index contributed by atoms with van der Waals surface area (Å²) in [6.45, 7) is 3.86. The molecule has 1 heterocycles. The lowest BCUT2D eigenvalue weighted by molar-refractivity contribution is -0.117. The van der Waals surface area contributed by atoms with E-state index in [-0.39, 0.29) is 18.1 Å². The summed E-state index contributed by atoms with van der Waals surface area (Å²) < 4.78 is 5.57. The smallest absolute Gasteiger partial charge is 0.246 e. The van der Waals surface area contributed by atoms with Crippen molar-refractivity contribution in [1.29, 1.82) is 0 Å². The van der Waals surface area contributed by atoms with Crippen LogP contribution in [0.1, 0.15) is 25.5 Å². The second kappa shape index (κ2) is 4.55. The van der Waals surface area contributed by atoms with Gasteiger partial charge in [0.25, 0.3) is 0 Å². The minimum atomic E-state index is -0.337. The molecule has 17 heavy (non-hydrogen) atoms. The van der Waals surface area contributed by atoms with Gasteiger partial charge < -0.3 is 15.4 Å². The van der Waals surface area contributed by atoms with Crippen molar-refractivity contribution in [2.24, 2.45) is 0 Å². The molecule has 1 aromatic rings. The SMILES string of the molecule is CNC1C(=O)Nc2cc(OC(C)C)c(Cl)cc21. The number of ether oxygens (including phenoxy) is 1. The van der Waals surface area contributed by atoms with Crippen LogP contribution in [-0.4, -0.2) is 19.1 Å². The van der Waals surface area contributed by atoms with Gasteiger partial charge in [-0.3, -0.25) is 4.79 Å². The number of amides is 1. The van der Waals surface area contributed by atoms with Gasteiger partial charge >= 0.3 is 0 Å². The molecule has 1 amide bonds. The van der Waals surface area contributed by atoms with Crippen LogP contribution in [0.15, 0.2) is 12.1 Å². The molecule has 1 aliphatic heterocycles. The number of benzene rings is 1. The molecule has 5 heteroatoms. The van der Waals surface area contributed by atoms with Gasteiger partial charge in [0.1, 0.15) is 11.8 Å². The number of carbonyl (C=O) groups excluding carboxylic acids is 1. The summed E-state index contributed by atoms with van der Waals surface area (Å²) in [6, 6.07) is 3.20. The van der Waals surface area contributed by atoms with Crippen LogP contribution in [0.3, 0.4) is 0 Å². The Labute approximate surface area is 105 Å². The van der Waals surface area contributed by atoms with Gasteiger partial charge in [-0.05, 0) is 27.0 Å². The number of hydrogen-bond donors (Lipinski definition) is 2. The molecule has 92 valence electrons. The molecule has 4 nitrogen and oxygen atoms in total. The fraction of sp³-hybridized carbons (Fsp3) is 0.417. The van der Waals surface area contributed by atoms with E-state index in [1.165, 1.54) is 0 Å². The Balaban J connectivity index is 2.40. The lowest BCUT2D eigenvalue weighted by atomic mass is 10.1. The zero-order valence-corrected chi connectivity index (χ0v) is 10.8. The van der Waals surface area contributed by atoms with Crippen LogP contribution in [0.4, 0.5) is 5.69 Å². The molecule has 0 spiro atoms. The van der Waals surface area contributed by atoms with E-state index in [4.69, 9.17) is 16.3 Å². The zero-order chi connectivity index (χ0) is 12.6. The highest BCUT2D eigenvalue weighted by Gasteiger charge is 2.30. The fourth-order valence-electron chi connectivity index (χ4n) is 1.89. The average molecular weight is 255 g/mol. The number of anilines is 1. The number of carbonyl (C=O) groups is 1. The first kappa shape index (κ1) is 12.2. The second-order valence-electron chi connectivity index (χ2n) is 4.25. The molecule has 0 aliphatic carbocycles. The number of nitrogens with one attached hydrogen (secondary N) is 2. The van der Waals surface area contributed by atoms with Gasteiger partial charge in [-0.1, -0.05) is 11.6 Å². The van der Waals surface area contributed by atoms with Crippen molar-refractivity contribution < 1.29 is 9.53 Å². The molecule has 0 radical (unpaired) electrons. The summed E-state index contributed by atoms with van der Waals surface area (Å²) in [5.74, 6) is 0.526. The molecule has 2 N–H and O–H groups in total. The number of likely N-dealkylation sites (N-methyl/N-ethyl adjacent to an activating group) is 1. The van der Waals surface area contributed by atoms with Crippen molar-refractivity contribution >= 4 is 23.2 Å².